The highest BCUT2D eigenvalue weighted by atomic mass is 35.5. The highest BCUT2D eigenvalue weighted by molar-refractivity contribution is 6.38. The van der Waals surface area contributed by atoms with Crippen LogP contribution < -0.4 is 5.32 Å². The number of amides is 1. The number of benzene rings is 3. The van der Waals surface area contributed by atoms with Gasteiger partial charge in [0.2, 0.25) is 11.8 Å². The maximum absolute atomic E-state index is 12.4. The summed E-state index contributed by atoms with van der Waals surface area (Å²) < 4.78 is 11.6. The fraction of sp³-hybridized carbons (Fsp3) is 0. The first-order valence-corrected chi connectivity index (χ1v) is 10.8. The summed E-state index contributed by atoms with van der Waals surface area (Å²) in [6.07, 6.45) is 3.04. The lowest BCUT2D eigenvalue weighted by atomic mass is 10.2. The monoisotopic (exact) mass is 474 g/mol. The molecule has 1 amide bonds. The molecule has 0 saturated heterocycles. The van der Waals surface area contributed by atoms with Crippen molar-refractivity contribution in [2.75, 3.05) is 5.32 Å². The Labute approximate surface area is 199 Å². The maximum Gasteiger partial charge on any atom is 0.248 e. The van der Waals surface area contributed by atoms with Gasteiger partial charge in [-0.2, -0.15) is 0 Å². The largest absolute Gasteiger partial charge is 0.457 e. The molecule has 5 aromatic rings. The molecule has 0 fully saturated rings. The lowest BCUT2D eigenvalue weighted by Crippen LogP contribution is -2.07. The second kappa shape index (κ2) is 8.98. The Morgan fingerprint density at radius 2 is 1.70 bits per heavy atom. The van der Waals surface area contributed by atoms with Gasteiger partial charge in [0, 0.05) is 27.9 Å². The van der Waals surface area contributed by atoms with Crippen LogP contribution in [0.5, 0.6) is 0 Å². The first-order chi connectivity index (χ1) is 16.0. The SMILES string of the molecule is O=C(/C=C/c1ccc(-c2ccccc2)o1)Nc1cccc(-c2nc3cc(Cl)cc(Cl)c3o2)c1. The third-order valence-electron chi connectivity index (χ3n) is 4.87. The molecule has 5 rings (SSSR count). The van der Waals surface area contributed by atoms with E-state index in [1.165, 1.54) is 6.08 Å². The molecule has 0 spiro atoms. The second-order valence-corrected chi connectivity index (χ2v) is 8.07. The molecule has 33 heavy (non-hydrogen) atoms. The van der Waals surface area contributed by atoms with E-state index in [9.17, 15) is 4.79 Å². The van der Waals surface area contributed by atoms with Crippen molar-refractivity contribution in [3.63, 3.8) is 0 Å². The first-order valence-electron chi connectivity index (χ1n) is 10.1. The molecular formula is C26H16Cl2N2O3. The molecule has 0 bridgehead atoms. The number of nitrogens with one attached hydrogen (secondary N) is 1. The number of aromatic nitrogens is 1. The summed E-state index contributed by atoms with van der Waals surface area (Å²) >= 11 is 12.2. The summed E-state index contributed by atoms with van der Waals surface area (Å²) in [5, 5.41) is 3.70. The smallest absolute Gasteiger partial charge is 0.248 e. The highest BCUT2D eigenvalue weighted by Crippen LogP contribution is 2.32. The Balaban J connectivity index is 1.30. The first kappa shape index (κ1) is 21.1. The molecule has 0 aliphatic heterocycles. The summed E-state index contributed by atoms with van der Waals surface area (Å²) in [6, 6.07) is 23.9. The van der Waals surface area contributed by atoms with Gasteiger partial charge in [0.1, 0.15) is 17.0 Å². The van der Waals surface area contributed by atoms with Crippen molar-refractivity contribution >= 4 is 52.0 Å². The van der Waals surface area contributed by atoms with Gasteiger partial charge in [-0.3, -0.25) is 4.79 Å². The standard InChI is InChI=1S/C26H16Cl2N2O3/c27-18-14-21(28)25-22(15-18)30-26(33-25)17-7-4-8-19(13-17)29-24(31)12-10-20-9-11-23(32-20)16-5-2-1-3-6-16/h1-15H,(H,29,31)/b12-10+. The van der Waals surface area contributed by atoms with Crippen molar-refractivity contribution in [1.29, 1.82) is 0 Å². The van der Waals surface area contributed by atoms with Crippen molar-refractivity contribution in [1.82, 2.24) is 4.98 Å². The summed E-state index contributed by atoms with van der Waals surface area (Å²) in [7, 11) is 0. The second-order valence-electron chi connectivity index (χ2n) is 7.23. The minimum absolute atomic E-state index is 0.294. The van der Waals surface area contributed by atoms with Crippen LogP contribution in [0, 0.1) is 0 Å². The molecule has 0 aliphatic carbocycles. The van der Waals surface area contributed by atoms with Crippen LogP contribution in [0.25, 0.3) is 40.0 Å². The Hall–Kier alpha value is -3.80. The lowest BCUT2D eigenvalue weighted by molar-refractivity contribution is -0.111. The van der Waals surface area contributed by atoms with Crippen LogP contribution in [0.1, 0.15) is 5.76 Å². The summed E-state index contributed by atoms with van der Waals surface area (Å²) in [4.78, 5) is 16.9. The number of carbonyl (C=O) groups is 1. The fourth-order valence-electron chi connectivity index (χ4n) is 3.35. The Morgan fingerprint density at radius 3 is 2.55 bits per heavy atom. The van der Waals surface area contributed by atoms with Gasteiger partial charge in [-0.25, -0.2) is 4.98 Å². The minimum Gasteiger partial charge on any atom is -0.457 e. The topological polar surface area (TPSA) is 68.3 Å². The zero-order valence-corrected chi connectivity index (χ0v) is 18.6. The molecule has 5 nitrogen and oxygen atoms in total. The van der Waals surface area contributed by atoms with Crippen LogP contribution in [0.2, 0.25) is 10.0 Å². The molecule has 0 saturated carbocycles. The average molecular weight is 475 g/mol. The van der Waals surface area contributed by atoms with Gasteiger partial charge in [0.05, 0.1) is 5.02 Å². The van der Waals surface area contributed by atoms with E-state index in [0.29, 0.717) is 44.0 Å². The van der Waals surface area contributed by atoms with E-state index < -0.39 is 0 Å². The molecule has 2 aromatic heterocycles. The Kier molecular flexibility index (Phi) is 5.73. The molecule has 0 atom stereocenters. The molecular weight excluding hydrogens is 459 g/mol. The van der Waals surface area contributed by atoms with E-state index in [1.54, 1.807) is 36.4 Å². The molecule has 0 unspecified atom stereocenters. The molecule has 3 aromatic carbocycles. The van der Waals surface area contributed by atoms with Gasteiger partial charge in [-0.05, 0) is 48.5 Å². The van der Waals surface area contributed by atoms with Crippen LogP contribution >= 0.6 is 23.2 Å². The summed E-state index contributed by atoms with van der Waals surface area (Å²) in [5.41, 5.74) is 3.28. The summed E-state index contributed by atoms with van der Waals surface area (Å²) in [5.74, 6) is 1.41. The Morgan fingerprint density at radius 1 is 0.879 bits per heavy atom. The van der Waals surface area contributed by atoms with Gasteiger partial charge >= 0.3 is 0 Å². The maximum atomic E-state index is 12.4. The number of rotatable bonds is 5. The van der Waals surface area contributed by atoms with Crippen molar-refractivity contribution < 1.29 is 13.6 Å². The predicted octanol–water partition coefficient (Wildman–Crippen LogP) is 7.71. The van der Waals surface area contributed by atoms with Gasteiger partial charge < -0.3 is 14.2 Å². The number of hydrogen-bond acceptors (Lipinski definition) is 4. The molecule has 0 radical (unpaired) electrons. The molecule has 2 heterocycles. The van der Waals surface area contributed by atoms with E-state index in [4.69, 9.17) is 32.0 Å². The summed E-state index contributed by atoms with van der Waals surface area (Å²) in [6.45, 7) is 0. The molecule has 7 heteroatoms. The van der Waals surface area contributed by atoms with E-state index in [1.807, 2.05) is 48.5 Å². The Bertz CT molecular complexity index is 1490. The van der Waals surface area contributed by atoms with E-state index in [0.717, 1.165) is 11.3 Å². The van der Waals surface area contributed by atoms with E-state index in [2.05, 4.69) is 10.3 Å². The van der Waals surface area contributed by atoms with Crippen LogP contribution in [0.4, 0.5) is 5.69 Å². The predicted molar refractivity (Wildman–Crippen MR) is 131 cm³/mol. The fourth-order valence-corrected chi connectivity index (χ4v) is 3.88. The third kappa shape index (κ3) is 4.70. The average Bonchev–Trinajstić information content (AvgIpc) is 3.46. The van der Waals surface area contributed by atoms with Crippen LogP contribution in [-0.4, -0.2) is 10.9 Å². The highest BCUT2D eigenvalue weighted by Gasteiger charge is 2.13. The van der Waals surface area contributed by atoms with E-state index >= 15 is 0 Å². The molecule has 0 aliphatic rings. The third-order valence-corrected chi connectivity index (χ3v) is 5.37. The quantitative estimate of drug-likeness (QED) is 0.264. The van der Waals surface area contributed by atoms with Crippen LogP contribution in [-0.2, 0) is 4.79 Å². The van der Waals surface area contributed by atoms with Crippen LogP contribution in [0.15, 0.2) is 93.8 Å². The van der Waals surface area contributed by atoms with Crippen molar-refractivity contribution in [3.05, 3.63) is 101 Å². The number of hydrogen-bond donors (Lipinski definition) is 1. The normalized spacial score (nSPS) is 11.3. The van der Waals surface area contributed by atoms with Gasteiger partial charge in [-0.1, -0.05) is 59.6 Å². The zero-order valence-electron chi connectivity index (χ0n) is 17.1. The van der Waals surface area contributed by atoms with Gasteiger partial charge in [-0.15, -0.1) is 0 Å². The van der Waals surface area contributed by atoms with Crippen molar-refractivity contribution in [2.45, 2.75) is 0 Å². The number of furan rings is 1. The van der Waals surface area contributed by atoms with Gasteiger partial charge in [0.15, 0.2) is 5.58 Å². The van der Waals surface area contributed by atoms with Crippen molar-refractivity contribution in [3.8, 4) is 22.8 Å². The molecule has 162 valence electrons. The van der Waals surface area contributed by atoms with E-state index in [-0.39, 0.29) is 5.91 Å². The minimum atomic E-state index is -0.294. The zero-order chi connectivity index (χ0) is 22.8. The van der Waals surface area contributed by atoms with Crippen LogP contribution in [0.3, 0.4) is 0 Å². The number of nitrogens with zero attached hydrogens (tertiary/aromatic N) is 1. The molecule has 1 N–H and O–H groups in total. The lowest BCUT2D eigenvalue weighted by Gasteiger charge is -2.03. The number of anilines is 1. The number of fused-ring (bicyclic) bond motifs is 1. The number of halogens is 2. The number of carbonyl (C=O) groups excluding carboxylic acids is 1. The van der Waals surface area contributed by atoms with Gasteiger partial charge in [0.25, 0.3) is 0 Å². The number of oxazole rings is 1. The van der Waals surface area contributed by atoms with Crippen molar-refractivity contribution in [2.24, 2.45) is 0 Å².